The van der Waals surface area contributed by atoms with Crippen molar-refractivity contribution in [1.82, 2.24) is 4.90 Å². The Morgan fingerprint density at radius 1 is 1.12 bits per heavy atom. The third kappa shape index (κ3) is 5.06. The summed E-state index contributed by atoms with van der Waals surface area (Å²) in [5.41, 5.74) is 6.77. The highest BCUT2D eigenvalue weighted by Crippen LogP contribution is 2.17. The van der Waals surface area contributed by atoms with Crippen LogP contribution in [0.3, 0.4) is 0 Å². The lowest BCUT2D eigenvalue weighted by molar-refractivity contribution is -0.137. The van der Waals surface area contributed by atoms with Crippen LogP contribution in [0.4, 0.5) is 4.39 Å². The molecular weight excluding hydrogens is 307 g/mol. The van der Waals surface area contributed by atoms with Gasteiger partial charge in [0.05, 0.1) is 0 Å². The van der Waals surface area contributed by atoms with Crippen molar-refractivity contribution < 1.29 is 13.9 Å². The van der Waals surface area contributed by atoms with Crippen LogP contribution in [0.15, 0.2) is 54.6 Å². The summed E-state index contributed by atoms with van der Waals surface area (Å²) in [6.07, 6.45) is -0.0388. The highest BCUT2D eigenvalue weighted by molar-refractivity contribution is 5.81. The summed E-state index contributed by atoms with van der Waals surface area (Å²) in [6.45, 7) is 2.98. The van der Waals surface area contributed by atoms with Crippen LogP contribution in [-0.2, 0) is 11.2 Å². The topological polar surface area (TPSA) is 55.6 Å². The van der Waals surface area contributed by atoms with Gasteiger partial charge in [-0.05, 0) is 31.0 Å². The molecule has 0 aliphatic heterocycles. The first kappa shape index (κ1) is 17.9. The van der Waals surface area contributed by atoms with Gasteiger partial charge in [-0.1, -0.05) is 42.5 Å². The van der Waals surface area contributed by atoms with Gasteiger partial charge in [0.2, 0.25) is 0 Å². The SMILES string of the molecule is CC(Oc1ccccc1F)C(=O)N(CCN)CCc1ccccc1. The number of nitrogens with zero attached hydrogens (tertiary/aromatic N) is 1. The van der Waals surface area contributed by atoms with Gasteiger partial charge < -0.3 is 15.4 Å². The summed E-state index contributed by atoms with van der Waals surface area (Å²) in [5.74, 6) is -0.597. The first-order chi connectivity index (χ1) is 11.6. The van der Waals surface area contributed by atoms with Crippen molar-refractivity contribution in [3.63, 3.8) is 0 Å². The third-order valence-electron chi connectivity index (χ3n) is 3.71. The Morgan fingerprint density at radius 3 is 2.46 bits per heavy atom. The number of ether oxygens (including phenoxy) is 1. The largest absolute Gasteiger partial charge is 0.478 e. The van der Waals surface area contributed by atoms with Crippen LogP contribution in [0.5, 0.6) is 5.75 Å². The van der Waals surface area contributed by atoms with E-state index in [4.69, 9.17) is 10.5 Å². The second-order valence-corrected chi connectivity index (χ2v) is 5.54. The molecule has 2 aromatic rings. The average Bonchev–Trinajstić information content (AvgIpc) is 2.61. The zero-order valence-electron chi connectivity index (χ0n) is 13.8. The molecule has 4 nitrogen and oxygen atoms in total. The molecule has 2 N–H and O–H groups in total. The number of hydrogen-bond acceptors (Lipinski definition) is 3. The maximum absolute atomic E-state index is 13.7. The number of carbonyl (C=O) groups is 1. The third-order valence-corrected chi connectivity index (χ3v) is 3.71. The summed E-state index contributed by atoms with van der Waals surface area (Å²) in [7, 11) is 0. The van der Waals surface area contributed by atoms with E-state index >= 15 is 0 Å². The number of benzene rings is 2. The molecule has 0 saturated heterocycles. The van der Waals surface area contributed by atoms with E-state index in [1.165, 1.54) is 12.1 Å². The van der Waals surface area contributed by atoms with Crippen molar-refractivity contribution >= 4 is 5.91 Å². The molecule has 0 bridgehead atoms. The van der Waals surface area contributed by atoms with Crippen LogP contribution in [0, 0.1) is 5.82 Å². The van der Waals surface area contributed by atoms with Gasteiger partial charge in [0.1, 0.15) is 0 Å². The van der Waals surface area contributed by atoms with Crippen LogP contribution in [0.25, 0.3) is 0 Å². The second kappa shape index (κ2) is 9.03. The van der Waals surface area contributed by atoms with E-state index in [0.29, 0.717) is 19.6 Å². The molecule has 0 saturated carbocycles. The van der Waals surface area contributed by atoms with Gasteiger partial charge >= 0.3 is 0 Å². The Hall–Kier alpha value is -2.40. The Kier molecular flexibility index (Phi) is 6.75. The predicted octanol–water partition coefficient (Wildman–Crippen LogP) is 2.62. The number of halogens is 1. The van der Waals surface area contributed by atoms with E-state index in [-0.39, 0.29) is 11.7 Å². The predicted molar refractivity (Wildman–Crippen MR) is 92.3 cm³/mol. The Labute approximate surface area is 142 Å². The highest BCUT2D eigenvalue weighted by atomic mass is 19.1. The van der Waals surface area contributed by atoms with E-state index in [0.717, 1.165) is 12.0 Å². The maximum Gasteiger partial charge on any atom is 0.263 e. The molecule has 0 radical (unpaired) electrons. The molecule has 5 heteroatoms. The van der Waals surface area contributed by atoms with Crippen molar-refractivity contribution in [1.29, 1.82) is 0 Å². The van der Waals surface area contributed by atoms with Gasteiger partial charge in [0.25, 0.3) is 5.91 Å². The molecule has 0 aliphatic carbocycles. The first-order valence-corrected chi connectivity index (χ1v) is 8.05. The fourth-order valence-electron chi connectivity index (χ4n) is 2.44. The normalized spacial score (nSPS) is 11.8. The second-order valence-electron chi connectivity index (χ2n) is 5.54. The number of rotatable bonds is 8. The first-order valence-electron chi connectivity index (χ1n) is 8.05. The molecule has 128 valence electrons. The van der Waals surface area contributed by atoms with E-state index in [1.807, 2.05) is 30.3 Å². The lowest BCUT2D eigenvalue weighted by Crippen LogP contribution is -2.44. The minimum atomic E-state index is -0.774. The molecule has 1 amide bonds. The van der Waals surface area contributed by atoms with Crippen LogP contribution >= 0.6 is 0 Å². The van der Waals surface area contributed by atoms with E-state index in [1.54, 1.807) is 24.0 Å². The molecule has 0 aromatic heterocycles. The monoisotopic (exact) mass is 330 g/mol. The molecule has 2 rings (SSSR count). The summed E-state index contributed by atoms with van der Waals surface area (Å²) in [5, 5.41) is 0. The van der Waals surface area contributed by atoms with Gasteiger partial charge in [0.15, 0.2) is 17.7 Å². The summed E-state index contributed by atoms with van der Waals surface area (Å²) < 4.78 is 19.1. The fourth-order valence-corrected chi connectivity index (χ4v) is 2.44. The minimum Gasteiger partial charge on any atom is -0.478 e. The zero-order chi connectivity index (χ0) is 17.4. The molecule has 0 heterocycles. The number of hydrogen-bond donors (Lipinski definition) is 1. The molecule has 0 spiro atoms. The molecular formula is C19H23FN2O2. The Morgan fingerprint density at radius 2 is 1.79 bits per heavy atom. The summed E-state index contributed by atoms with van der Waals surface area (Å²) in [4.78, 5) is 14.3. The van der Waals surface area contributed by atoms with Gasteiger partial charge in [-0.15, -0.1) is 0 Å². The Balaban J connectivity index is 1.98. The lowest BCUT2D eigenvalue weighted by Gasteiger charge is -2.26. The molecule has 1 unspecified atom stereocenters. The molecule has 0 fully saturated rings. The van der Waals surface area contributed by atoms with Crippen molar-refractivity contribution in [3.05, 3.63) is 66.0 Å². The van der Waals surface area contributed by atoms with Crippen molar-refractivity contribution in [3.8, 4) is 5.75 Å². The molecule has 0 aliphatic rings. The lowest BCUT2D eigenvalue weighted by atomic mass is 10.1. The molecule has 24 heavy (non-hydrogen) atoms. The van der Waals surface area contributed by atoms with Crippen molar-refractivity contribution in [2.24, 2.45) is 5.73 Å². The smallest absolute Gasteiger partial charge is 0.263 e. The highest BCUT2D eigenvalue weighted by Gasteiger charge is 2.22. The summed E-state index contributed by atoms with van der Waals surface area (Å²) in [6, 6.07) is 16.0. The van der Waals surface area contributed by atoms with Crippen LogP contribution < -0.4 is 10.5 Å². The summed E-state index contributed by atoms with van der Waals surface area (Å²) >= 11 is 0. The van der Waals surface area contributed by atoms with Crippen molar-refractivity contribution in [2.75, 3.05) is 19.6 Å². The van der Waals surface area contributed by atoms with E-state index in [2.05, 4.69) is 0 Å². The number of carbonyl (C=O) groups excluding carboxylic acids is 1. The standard InChI is InChI=1S/C19H23FN2O2/c1-15(24-18-10-6-5-9-17(18)20)19(23)22(14-12-21)13-11-16-7-3-2-4-8-16/h2-10,15H,11-14,21H2,1H3. The van der Waals surface area contributed by atoms with E-state index in [9.17, 15) is 9.18 Å². The van der Waals surface area contributed by atoms with Gasteiger partial charge in [0, 0.05) is 19.6 Å². The van der Waals surface area contributed by atoms with Gasteiger partial charge in [-0.25, -0.2) is 4.39 Å². The van der Waals surface area contributed by atoms with E-state index < -0.39 is 11.9 Å². The molecule has 2 aromatic carbocycles. The van der Waals surface area contributed by atoms with Gasteiger partial charge in [-0.3, -0.25) is 4.79 Å². The number of para-hydroxylation sites is 1. The van der Waals surface area contributed by atoms with Crippen LogP contribution in [0.1, 0.15) is 12.5 Å². The van der Waals surface area contributed by atoms with Crippen LogP contribution in [0.2, 0.25) is 0 Å². The average molecular weight is 330 g/mol. The maximum atomic E-state index is 13.7. The molecule has 1 atom stereocenters. The quantitative estimate of drug-likeness (QED) is 0.809. The van der Waals surface area contributed by atoms with Crippen molar-refractivity contribution in [2.45, 2.75) is 19.4 Å². The Bertz CT molecular complexity index is 649. The minimum absolute atomic E-state index is 0.0779. The number of nitrogens with two attached hydrogens (primary N) is 1. The van der Waals surface area contributed by atoms with Crippen LogP contribution in [-0.4, -0.2) is 36.5 Å². The number of amides is 1. The van der Waals surface area contributed by atoms with Gasteiger partial charge in [-0.2, -0.15) is 0 Å². The fraction of sp³-hybridized carbons (Fsp3) is 0.316. The zero-order valence-corrected chi connectivity index (χ0v) is 13.8.